The smallest absolute Gasteiger partial charge is 0.305 e. The number of halogens is 1. The zero-order chi connectivity index (χ0) is 14.1. The van der Waals surface area contributed by atoms with Crippen LogP contribution in [-0.2, 0) is 6.61 Å². The molecule has 1 aromatic carbocycles. The van der Waals surface area contributed by atoms with Crippen molar-refractivity contribution in [3.63, 3.8) is 0 Å². The zero-order valence-corrected chi connectivity index (χ0v) is 10.3. The van der Waals surface area contributed by atoms with Gasteiger partial charge in [-0.1, -0.05) is 5.16 Å². The van der Waals surface area contributed by atoms with Gasteiger partial charge in [0.1, 0.15) is 5.75 Å². The van der Waals surface area contributed by atoms with Crippen LogP contribution in [0.5, 0.6) is 5.75 Å². The fourth-order valence-corrected chi connectivity index (χ4v) is 1.70. The van der Waals surface area contributed by atoms with Crippen LogP contribution in [0.15, 0.2) is 22.7 Å². The number of aromatic nitrogens is 2. The second-order valence-electron chi connectivity index (χ2n) is 4.48. The first kappa shape index (κ1) is 12.5. The van der Waals surface area contributed by atoms with Crippen LogP contribution in [-0.4, -0.2) is 15.1 Å². The molecule has 1 aliphatic carbocycles. The highest BCUT2D eigenvalue weighted by atomic mass is 19.1. The van der Waals surface area contributed by atoms with Crippen molar-refractivity contribution in [3.05, 3.63) is 45.8 Å². The monoisotopic (exact) mass is 279 g/mol. The molecule has 20 heavy (non-hydrogen) atoms. The molecule has 0 bridgehead atoms. The van der Waals surface area contributed by atoms with Crippen LogP contribution in [0.3, 0.4) is 0 Å². The predicted molar refractivity (Wildman–Crippen MR) is 63.7 cm³/mol. The van der Waals surface area contributed by atoms with Crippen molar-refractivity contribution in [1.82, 2.24) is 10.1 Å². The predicted octanol–water partition coefficient (Wildman–Crippen LogP) is 2.57. The summed E-state index contributed by atoms with van der Waals surface area (Å²) in [7, 11) is 0. The molecular formula is C12H10FN3O4. The molecule has 2 aromatic rings. The number of nitro benzene ring substituents is 1. The van der Waals surface area contributed by atoms with Crippen LogP contribution in [0.2, 0.25) is 0 Å². The summed E-state index contributed by atoms with van der Waals surface area (Å²) in [4.78, 5) is 13.8. The van der Waals surface area contributed by atoms with Gasteiger partial charge in [-0.25, -0.2) is 0 Å². The Bertz CT molecular complexity index is 654. The molecule has 0 amide bonds. The molecule has 1 heterocycles. The van der Waals surface area contributed by atoms with Gasteiger partial charge in [0, 0.05) is 18.1 Å². The molecule has 1 aliphatic rings. The highest BCUT2D eigenvalue weighted by molar-refractivity contribution is 5.37. The van der Waals surface area contributed by atoms with Crippen molar-refractivity contribution in [2.45, 2.75) is 25.4 Å². The third kappa shape index (κ3) is 2.58. The Balaban J connectivity index is 1.65. The number of nitrogens with zero attached hydrogens (tertiary/aromatic N) is 3. The summed E-state index contributed by atoms with van der Waals surface area (Å²) in [6, 6.07) is 3.32. The van der Waals surface area contributed by atoms with Gasteiger partial charge < -0.3 is 9.26 Å². The molecule has 0 atom stereocenters. The van der Waals surface area contributed by atoms with Crippen molar-refractivity contribution < 1.29 is 18.6 Å². The first-order valence-corrected chi connectivity index (χ1v) is 6.02. The molecule has 0 radical (unpaired) electrons. The van der Waals surface area contributed by atoms with E-state index in [0.29, 0.717) is 17.6 Å². The minimum absolute atomic E-state index is 0.00301. The first-order valence-electron chi connectivity index (χ1n) is 6.02. The summed E-state index contributed by atoms with van der Waals surface area (Å²) < 4.78 is 23.6. The molecule has 104 valence electrons. The van der Waals surface area contributed by atoms with Gasteiger partial charge in [-0.3, -0.25) is 10.1 Å². The summed E-state index contributed by atoms with van der Waals surface area (Å²) in [5.74, 6) is 0.560. The standard InChI is InChI=1S/C12H10FN3O4/c13-9-5-8(3-4-10(9)16(17)18)19-6-11-14-12(15-20-11)7-1-2-7/h3-5,7H,1-2,6H2. The maximum Gasteiger partial charge on any atom is 0.305 e. The molecular weight excluding hydrogens is 269 g/mol. The lowest BCUT2D eigenvalue weighted by Crippen LogP contribution is -1.98. The van der Waals surface area contributed by atoms with Crippen molar-refractivity contribution in [3.8, 4) is 5.75 Å². The molecule has 7 nitrogen and oxygen atoms in total. The fourth-order valence-electron chi connectivity index (χ4n) is 1.70. The normalized spacial score (nSPS) is 14.2. The van der Waals surface area contributed by atoms with Crippen molar-refractivity contribution >= 4 is 5.69 Å². The van der Waals surface area contributed by atoms with Crippen molar-refractivity contribution in [2.24, 2.45) is 0 Å². The Morgan fingerprint density at radius 1 is 1.50 bits per heavy atom. The van der Waals surface area contributed by atoms with Crippen LogP contribution in [0, 0.1) is 15.9 Å². The molecule has 0 aliphatic heterocycles. The molecule has 8 heteroatoms. The molecule has 1 aromatic heterocycles. The van der Waals surface area contributed by atoms with Crippen LogP contribution < -0.4 is 4.74 Å². The van der Waals surface area contributed by atoms with E-state index < -0.39 is 16.4 Å². The van der Waals surface area contributed by atoms with Crippen LogP contribution >= 0.6 is 0 Å². The van der Waals surface area contributed by atoms with Crippen molar-refractivity contribution in [2.75, 3.05) is 0 Å². The quantitative estimate of drug-likeness (QED) is 0.617. The van der Waals surface area contributed by atoms with Crippen LogP contribution in [0.25, 0.3) is 0 Å². The SMILES string of the molecule is O=[N+]([O-])c1ccc(OCc2nc(C3CC3)no2)cc1F. The highest BCUT2D eigenvalue weighted by Gasteiger charge is 2.28. The number of rotatable bonds is 5. The number of hydrogen-bond donors (Lipinski definition) is 0. The molecule has 3 rings (SSSR count). The van der Waals surface area contributed by atoms with Gasteiger partial charge in [-0.2, -0.15) is 9.37 Å². The Morgan fingerprint density at radius 2 is 2.30 bits per heavy atom. The Kier molecular flexibility index (Phi) is 3.05. The summed E-state index contributed by atoms with van der Waals surface area (Å²) in [5.41, 5.74) is -0.592. The maximum absolute atomic E-state index is 13.4. The minimum Gasteiger partial charge on any atom is -0.484 e. The van der Waals surface area contributed by atoms with E-state index >= 15 is 0 Å². The minimum atomic E-state index is -0.948. The second-order valence-corrected chi connectivity index (χ2v) is 4.48. The van der Waals surface area contributed by atoms with Crippen LogP contribution in [0.1, 0.15) is 30.5 Å². The van der Waals surface area contributed by atoms with E-state index in [0.717, 1.165) is 25.0 Å². The lowest BCUT2D eigenvalue weighted by molar-refractivity contribution is -0.387. The Hall–Kier alpha value is -2.51. The van der Waals surface area contributed by atoms with Gasteiger partial charge >= 0.3 is 5.69 Å². The van der Waals surface area contributed by atoms with E-state index in [1.165, 1.54) is 6.07 Å². The van der Waals surface area contributed by atoms with E-state index in [2.05, 4.69) is 10.1 Å². The van der Waals surface area contributed by atoms with Gasteiger partial charge in [-0.05, 0) is 18.9 Å². The molecule has 1 saturated carbocycles. The average molecular weight is 279 g/mol. The second kappa shape index (κ2) is 4.87. The zero-order valence-electron chi connectivity index (χ0n) is 10.3. The molecule has 0 unspecified atom stereocenters. The van der Waals surface area contributed by atoms with E-state index in [-0.39, 0.29) is 12.4 Å². The molecule has 1 fully saturated rings. The van der Waals surface area contributed by atoms with E-state index in [1.54, 1.807) is 0 Å². The molecule has 0 N–H and O–H groups in total. The Morgan fingerprint density at radius 3 is 2.95 bits per heavy atom. The third-order valence-electron chi connectivity index (χ3n) is 2.90. The summed E-state index contributed by atoms with van der Waals surface area (Å²) in [6.07, 6.45) is 2.13. The third-order valence-corrected chi connectivity index (χ3v) is 2.90. The van der Waals surface area contributed by atoms with Gasteiger partial charge in [0.15, 0.2) is 12.4 Å². The summed E-state index contributed by atoms with van der Waals surface area (Å²) >= 11 is 0. The summed E-state index contributed by atoms with van der Waals surface area (Å²) in [6.45, 7) is -0.00301. The Labute approximate surface area is 112 Å². The van der Waals surface area contributed by atoms with Crippen molar-refractivity contribution in [1.29, 1.82) is 0 Å². The lowest BCUT2D eigenvalue weighted by Gasteiger charge is -2.02. The first-order chi connectivity index (χ1) is 9.63. The lowest BCUT2D eigenvalue weighted by atomic mass is 10.3. The summed E-state index contributed by atoms with van der Waals surface area (Å²) in [5, 5.41) is 14.3. The van der Waals surface area contributed by atoms with Crippen LogP contribution in [0.4, 0.5) is 10.1 Å². The number of benzene rings is 1. The fraction of sp³-hybridized carbons (Fsp3) is 0.333. The van der Waals surface area contributed by atoms with E-state index in [4.69, 9.17) is 9.26 Å². The van der Waals surface area contributed by atoms with E-state index in [9.17, 15) is 14.5 Å². The van der Waals surface area contributed by atoms with E-state index in [1.807, 2.05) is 0 Å². The van der Waals surface area contributed by atoms with Gasteiger partial charge in [0.05, 0.1) is 4.92 Å². The molecule has 0 saturated heterocycles. The highest BCUT2D eigenvalue weighted by Crippen LogP contribution is 2.38. The van der Waals surface area contributed by atoms with Gasteiger partial charge in [0.2, 0.25) is 5.82 Å². The largest absolute Gasteiger partial charge is 0.484 e. The topological polar surface area (TPSA) is 91.3 Å². The molecule has 0 spiro atoms. The number of nitro groups is 1. The maximum atomic E-state index is 13.4. The number of hydrogen-bond acceptors (Lipinski definition) is 6. The average Bonchev–Trinajstić information content (AvgIpc) is 3.15. The number of ether oxygens (including phenoxy) is 1. The van der Waals surface area contributed by atoms with Gasteiger partial charge in [-0.15, -0.1) is 0 Å². The van der Waals surface area contributed by atoms with Gasteiger partial charge in [0.25, 0.3) is 5.89 Å².